The lowest BCUT2D eigenvalue weighted by Crippen LogP contribution is -2.44. The molecule has 0 atom stereocenters. The smallest absolute Gasteiger partial charge is 0.407 e. The maximum Gasteiger partial charge on any atom is 0.407 e. The van der Waals surface area contributed by atoms with E-state index in [9.17, 15) is 9.59 Å². The van der Waals surface area contributed by atoms with Gasteiger partial charge in [-0.15, -0.1) is 0 Å². The van der Waals surface area contributed by atoms with Gasteiger partial charge in [0.05, 0.1) is 12.5 Å². The first-order chi connectivity index (χ1) is 8.66. The molecule has 0 saturated heterocycles. The SMILES string of the molecule is COC(=O)[C@]1(C)CC[C@H](NC(=O)OC(C)(C)C)CC1. The van der Waals surface area contributed by atoms with Crippen LogP contribution < -0.4 is 5.32 Å². The second-order valence-electron chi connectivity index (χ2n) is 6.47. The predicted molar refractivity (Wildman–Crippen MR) is 71.7 cm³/mol. The molecule has 19 heavy (non-hydrogen) atoms. The summed E-state index contributed by atoms with van der Waals surface area (Å²) >= 11 is 0. The quantitative estimate of drug-likeness (QED) is 0.784. The van der Waals surface area contributed by atoms with Gasteiger partial charge in [0.2, 0.25) is 0 Å². The molecule has 0 spiro atoms. The molecule has 1 saturated carbocycles. The Kier molecular flexibility index (Phi) is 4.82. The fraction of sp³-hybridized carbons (Fsp3) is 0.857. The highest BCUT2D eigenvalue weighted by Gasteiger charge is 2.39. The van der Waals surface area contributed by atoms with Crippen LogP contribution in [0.4, 0.5) is 4.79 Å². The largest absolute Gasteiger partial charge is 0.469 e. The second kappa shape index (κ2) is 5.80. The summed E-state index contributed by atoms with van der Waals surface area (Å²) < 4.78 is 10.0. The standard InChI is InChI=1S/C14H25NO4/c1-13(2,3)19-12(17)15-10-6-8-14(4,9-7-10)11(16)18-5/h10H,6-9H2,1-5H3,(H,15,17)/t10-,14+. The minimum Gasteiger partial charge on any atom is -0.469 e. The van der Waals surface area contributed by atoms with E-state index in [1.807, 2.05) is 27.7 Å². The monoisotopic (exact) mass is 271 g/mol. The van der Waals surface area contributed by atoms with Crippen LogP contribution in [0.15, 0.2) is 0 Å². The molecule has 1 aliphatic rings. The van der Waals surface area contributed by atoms with Gasteiger partial charge < -0.3 is 14.8 Å². The molecule has 1 rings (SSSR count). The summed E-state index contributed by atoms with van der Waals surface area (Å²) in [5.74, 6) is -0.164. The summed E-state index contributed by atoms with van der Waals surface area (Å²) in [5.41, 5.74) is -0.903. The molecular weight excluding hydrogens is 246 g/mol. The van der Waals surface area contributed by atoms with E-state index in [2.05, 4.69) is 5.32 Å². The number of esters is 1. The van der Waals surface area contributed by atoms with Gasteiger partial charge >= 0.3 is 12.1 Å². The van der Waals surface area contributed by atoms with E-state index in [-0.39, 0.29) is 18.1 Å². The normalized spacial score (nSPS) is 27.5. The van der Waals surface area contributed by atoms with Crippen LogP contribution in [0.5, 0.6) is 0 Å². The van der Waals surface area contributed by atoms with Crippen molar-refractivity contribution in [3.05, 3.63) is 0 Å². The third kappa shape index (κ3) is 4.73. The van der Waals surface area contributed by atoms with E-state index < -0.39 is 11.0 Å². The highest BCUT2D eigenvalue weighted by molar-refractivity contribution is 5.76. The highest BCUT2D eigenvalue weighted by Crippen LogP contribution is 2.36. The zero-order valence-corrected chi connectivity index (χ0v) is 12.5. The average Bonchev–Trinajstić information content (AvgIpc) is 2.29. The molecule has 0 heterocycles. The van der Waals surface area contributed by atoms with Crippen LogP contribution in [0.3, 0.4) is 0 Å². The zero-order chi connectivity index (χ0) is 14.7. The van der Waals surface area contributed by atoms with Gasteiger partial charge in [0.25, 0.3) is 0 Å². The molecule has 0 unspecified atom stereocenters. The van der Waals surface area contributed by atoms with Crippen molar-refractivity contribution in [3.63, 3.8) is 0 Å². The van der Waals surface area contributed by atoms with Gasteiger partial charge in [-0.1, -0.05) is 0 Å². The summed E-state index contributed by atoms with van der Waals surface area (Å²) in [6, 6.07) is 0.0765. The lowest BCUT2D eigenvalue weighted by atomic mass is 9.74. The molecule has 1 N–H and O–H groups in total. The van der Waals surface area contributed by atoms with E-state index >= 15 is 0 Å². The molecule has 5 nitrogen and oxygen atoms in total. The summed E-state index contributed by atoms with van der Waals surface area (Å²) in [6.45, 7) is 7.42. The van der Waals surface area contributed by atoms with Crippen LogP contribution in [0.25, 0.3) is 0 Å². The summed E-state index contributed by atoms with van der Waals surface area (Å²) in [5, 5.41) is 2.86. The van der Waals surface area contributed by atoms with Crippen LogP contribution in [0.2, 0.25) is 0 Å². The molecule has 1 amide bonds. The summed E-state index contributed by atoms with van der Waals surface area (Å²) in [4.78, 5) is 23.3. The number of hydrogen-bond donors (Lipinski definition) is 1. The number of methoxy groups -OCH3 is 1. The van der Waals surface area contributed by atoms with Crippen molar-refractivity contribution < 1.29 is 19.1 Å². The lowest BCUT2D eigenvalue weighted by Gasteiger charge is -2.35. The molecular formula is C14H25NO4. The molecule has 0 aromatic heterocycles. The van der Waals surface area contributed by atoms with Crippen molar-refractivity contribution in [2.75, 3.05) is 7.11 Å². The summed E-state index contributed by atoms with van der Waals surface area (Å²) in [7, 11) is 1.42. The molecule has 110 valence electrons. The number of amides is 1. The van der Waals surface area contributed by atoms with E-state index in [4.69, 9.17) is 9.47 Å². The fourth-order valence-corrected chi connectivity index (χ4v) is 2.32. The minimum atomic E-state index is -0.487. The third-order valence-corrected chi connectivity index (χ3v) is 3.49. The van der Waals surface area contributed by atoms with Gasteiger partial charge in [0.1, 0.15) is 5.60 Å². The van der Waals surface area contributed by atoms with Crippen LogP contribution >= 0.6 is 0 Å². The third-order valence-electron chi connectivity index (χ3n) is 3.49. The first-order valence-electron chi connectivity index (χ1n) is 6.74. The molecule has 0 bridgehead atoms. The zero-order valence-electron chi connectivity index (χ0n) is 12.5. The Morgan fingerprint density at radius 3 is 2.16 bits per heavy atom. The van der Waals surface area contributed by atoms with Crippen molar-refractivity contribution in [3.8, 4) is 0 Å². The number of alkyl carbamates (subject to hydrolysis) is 1. The number of carbonyl (C=O) groups is 2. The topological polar surface area (TPSA) is 64.6 Å². The molecule has 0 aromatic carbocycles. The Labute approximate surface area is 115 Å². The van der Waals surface area contributed by atoms with E-state index in [1.54, 1.807) is 0 Å². The molecule has 1 aliphatic carbocycles. The van der Waals surface area contributed by atoms with E-state index in [0.29, 0.717) is 0 Å². The van der Waals surface area contributed by atoms with Gasteiger partial charge in [-0.05, 0) is 53.4 Å². The number of nitrogens with one attached hydrogen (secondary N) is 1. The van der Waals surface area contributed by atoms with Crippen molar-refractivity contribution in [2.24, 2.45) is 5.41 Å². The van der Waals surface area contributed by atoms with E-state index in [0.717, 1.165) is 25.7 Å². The molecule has 0 radical (unpaired) electrons. The highest BCUT2D eigenvalue weighted by atomic mass is 16.6. The maximum atomic E-state index is 11.7. The minimum absolute atomic E-state index is 0.0765. The Morgan fingerprint density at radius 1 is 1.21 bits per heavy atom. The van der Waals surface area contributed by atoms with Gasteiger partial charge in [-0.3, -0.25) is 4.79 Å². The molecule has 5 heteroatoms. The van der Waals surface area contributed by atoms with Crippen molar-refractivity contribution >= 4 is 12.1 Å². The average molecular weight is 271 g/mol. The van der Waals surface area contributed by atoms with Gasteiger partial charge in [0.15, 0.2) is 0 Å². The second-order valence-corrected chi connectivity index (χ2v) is 6.47. The van der Waals surface area contributed by atoms with Crippen LogP contribution in [0.1, 0.15) is 53.4 Å². The van der Waals surface area contributed by atoms with Crippen molar-refractivity contribution in [2.45, 2.75) is 65.0 Å². The van der Waals surface area contributed by atoms with Crippen LogP contribution in [0, 0.1) is 5.41 Å². The lowest BCUT2D eigenvalue weighted by molar-refractivity contribution is -0.153. The molecule has 0 aliphatic heterocycles. The van der Waals surface area contributed by atoms with Crippen molar-refractivity contribution in [1.29, 1.82) is 0 Å². The summed E-state index contributed by atoms with van der Waals surface area (Å²) in [6.07, 6.45) is 2.59. The first kappa shape index (κ1) is 15.8. The molecule has 1 fully saturated rings. The Morgan fingerprint density at radius 2 is 1.74 bits per heavy atom. The Hall–Kier alpha value is -1.26. The van der Waals surface area contributed by atoms with E-state index in [1.165, 1.54) is 7.11 Å². The number of hydrogen-bond acceptors (Lipinski definition) is 4. The number of ether oxygens (including phenoxy) is 2. The Balaban J connectivity index is 2.42. The number of carbonyl (C=O) groups excluding carboxylic acids is 2. The van der Waals surface area contributed by atoms with Gasteiger partial charge in [0, 0.05) is 6.04 Å². The predicted octanol–water partition coefficient (Wildman–Crippen LogP) is 2.63. The number of rotatable bonds is 2. The van der Waals surface area contributed by atoms with Gasteiger partial charge in [-0.2, -0.15) is 0 Å². The fourth-order valence-electron chi connectivity index (χ4n) is 2.32. The maximum absolute atomic E-state index is 11.7. The van der Waals surface area contributed by atoms with Crippen molar-refractivity contribution in [1.82, 2.24) is 5.32 Å². The van der Waals surface area contributed by atoms with Gasteiger partial charge in [-0.25, -0.2) is 4.79 Å². The van der Waals surface area contributed by atoms with Crippen LogP contribution in [-0.4, -0.2) is 30.8 Å². The Bertz CT molecular complexity index is 338. The molecule has 0 aromatic rings. The first-order valence-corrected chi connectivity index (χ1v) is 6.74. The van der Waals surface area contributed by atoms with Crippen LogP contribution in [-0.2, 0) is 14.3 Å².